The van der Waals surface area contributed by atoms with E-state index in [1.54, 1.807) is 13.8 Å². The van der Waals surface area contributed by atoms with E-state index in [4.69, 9.17) is 10.4 Å². The Morgan fingerprint density at radius 2 is 2.25 bits per heavy atom. The van der Waals surface area contributed by atoms with Gasteiger partial charge in [-0.3, -0.25) is 9.78 Å². The number of rotatable bonds is 6. The van der Waals surface area contributed by atoms with Crippen molar-refractivity contribution in [3.63, 3.8) is 0 Å². The monoisotopic (exact) mass is 297 g/mol. The van der Waals surface area contributed by atoms with Gasteiger partial charge in [-0.2, -0.15) is 9.98 Å². The van der Waals surface area contributed by atoms with Crippen LogP contribution in [0, 0.1) is 18.3 Å². The summed E-state index contributed by atoms with van der Waals surface area (Å²) >= 11 is 0. The van der Waals surface area contributed by atoms with Gasteiger partial charge in [0.15, 0.2) is 0 Å². The van der Waals surface area contributed by atoms with Crippen LogP contribution in [0.4, 0.5) is 0 Å². The molecule has 0 aromatic carbocycles. The van der Waals surface area contributed by atoms with E-state index in [1.165, 1.54) is 6.07 Å². The highest BCUT2D eigenvalue weighted by Gasteiger charge is 2.25. The number of aliphatic carboxylic acids is 1. The molecule has 0 fully saturated rings. The summed E-state index contributed by atoms with van der Waals surface area (Å²) in [5, 5.41) is 17.8. The molecule has 108 valence electrons. The Labute approximate surface area is 117 Å². The van der Waals surface area contributed by atoms with Gasteiger partial charge in [0.2, 0.25) is 10.0 Å². The molecule has 0 saturated heterocycles. The number of hydrogen-bond donors (Lipinski definition) is 2. The third-order valence-corrected chi connectivity index (χ3v) is 4.10. The van der Waals surface area contributed by atoms with Gasteiger partial charge in [-0.1, -0.05) is 13.3 Å². The molecule has 1 aromatic rings. The highest BCUT2D eigenvalue weighted by atomic mass is 32.2. The summed E-state index contributed by atoms with van der Waals surface area (Å²) in [5.74, 6) is -1.24. The summed E-state index contributed by atoms with van der Waals surface area (Å²) in [6.07, 6.45) is 1.80. The van der Waals surface area contributed by atoms with Crippen LogP contribution in [-0.2, 0) is 14.8 Å². The average Bonchev–Trinajstić information content (AvgIpc) is 2.38. The molecular weight excluding hydrogens is 282 g/mol. The summed E-state index contributed by atoms with van der Waals surface area (Å²) in [6, 6.07) is 1.82. The van der Waals surface area contributed by atoms with E-state index in [0.717, 1.165) is 6.20 Å². The second-order valence-corrected chi connectivity index (χ2v) is 5.93. The van der Waals surface area contributed by atoms with Gasteiger partial charge >= 0.3 is 5.97 Å². The maximum absolute atomic E-state index is 12.1. The van der Waals surface area contributed by atoms with Crippen LogP contribution in [0.1, 0.15) is 31.0 Å². The van der Waals surface area contributed by atoms with E-state index in [2.05, 4.69) is 9.71 Å². The van der Waals surface area contributed by atoms with Crippen molar-refractivity contribution < 1.29 is 18.3 Å². The zero-order valence-corrected chi connectivity index (χ0v) is 11.9. The molecule has 0 radical (unpaired) electrons. The molecule has 8 heteroatoms. The molecule has 1 aromatic heterocycles. The lowest BCUT2D eigenvalue weighted by Crippen LogP contribution is -2.40. The Hall–Kier alpha value is -1.98. The number of pyridine rings is 1. The summed E-state index contributed by atoms with van der Waals surface area (Å²) in [6.45, 7) is 3.34. The van der Waals surface area contributed by atoms with Crippen molar-refractivity contribution >= 4 is 16.0 Å². The van der Waals surface area contributed by atoms with Gasteiger partial charge in [0, 0.05) is 6.20 Å². The maximum Gasteiger partial charge on any atom is 0.321 e. The summed E-state index contributed by atoms with van der Waals surface area (Å²) in [4.78, 5) is 14.6. The molecule has 20 heavy (non-hydrogen) atoms. The van der Waals surface area contributed by atoms with Crippen molar-refractivity contribution in [1.82, 2.24) is 9.71 Å². The number of carboxylic acids is 1. The lowest BCUT2D eigenvalue weighted by atomic mass is 10.2. The Morgan fingerprint density at radius 1 is 1.60 bits per heavy atom. The van der Waals surface area contributed by atoms with E-state index < -0.39 is 22.0 Å². The number of aromatic nitrogens is 1. The van der Waals surface area contributed by atoms with Crippen molar-refractivity contribution in [1.29, 1.82) is 5.26 Å². The summed E-state index contributed by atoms with van der Waals surface area (Å²) < 4.78 is 26.3. The number of nitrogens with one attached hydrogen (secondary N) is 1. The fourth-order valence-electron chi connectivity index (χ4n) is 1.55. The fraction of sp³-hybridized carbons (Fsp3) is 0.417. The number of nitrogens with zero attached hydrogens (tertiary/aromatic N) is 2. The lowest BCUT2D eigenvalue weighted by Gasteiger charge is -2.14. The molecule has 7 nitrogen and oxygen atoms in total. The average molecular weight is 297 g/mol. The summed E-state index contributed by atoms with van der Waals surface area (Å²) in [7, 11) is -4.02. The highest BCUT2D eigenvalue weighted by Crippen LogP contribution is 2.13. The van der Waals surface area contributed by atoms with E-state index >= 15 is 0 Å². The third-order valence-electron chi connectivity index (χ3n) is 2.67. The van der Waals surface area contributed by atoms with Gasteiger partial charge in [0.25, 0.3) is 0 Å². The molecule has 0 bridgehead atoms. The van der Waals surface area contributed by atoms with E-state index in [9.17, 15) is 13.2 Å². The molecule has 0 aliphatic carbocycles. The fourth-order valence-corrected chi connectivity index (χ4v) is 2.74. The van der Waals surface area contributed by atoms with Crippen LogP contribution in [0.25, 0.3) is 0 Å². The minimum absolute atomic E-state index is 0.134. The minimum atomic E-state index is -4.02. The normalized spacial score (nSPS) is 12.7. The van der Waals surface area contributed by atoms with E-state index in [-0.39, 0.29) is 16.9 Å². The van der Waals surface area contributed by atoms with Crippen molar-refractivity contribution in [3.8, 4) is 6.07 Å². The van der Waals surface area contributed by atoms with Gasteiger partial charge in [0.1, 0.15) is 17.0 Å². The SMILES string of the molecule is CCCC(NS(=O)(=O)c1cnc(C)c(C#N)c1)C(=O)O. The number of hydrogen-bond acceptors (Lipinski definition) is 5. The van der Waals surface area contributed by atoms with Crippen LogP contribution in [0.5, 0.6) is 0 Å². The molecule has 1 atom stereocenters. The first-order valence-electron chi connectivity index (χ1n) is 5.93. The predicted molar refractivity (Wildman–Crippen MR) is 70.3 cm³/mol. The van der Waals surface area contributed by atoms with Gasteiger partial charge in [-0.25, -0.2) is 8.42 Å². The summed E-state index contributed by atoms with van der Waals surface area (Å²) in [5.41, 5.74) is 0.546. The van der Waals surface area contributed by atoms with Crippen molar-refractivity contribution in [2.75, 3.05) is 0 Å². The molecule has 1 heterocycles. The molecule has 0 saturated carbocycles. The van der Waals surface area contributed by atoms with Crippen molar-refractivity contribution in [2.24, 2.45) is 0 Å². The molecule has 2 N–H and O–H groups in total. The second kappa shape index (κ2) is 6.45. The van der Waals surface area contributed by atoms with Gasteiger partial charge in [-0.05, 0) is 19.4 Å². The quantitative estimate of drug-likeness (QED) is 0.801. The first-order chi connectivity index (χ1) is 9.31. The van der Waals surface area contributed by atoms with Crippen LogP contribution in [0.3, 0.4) is 0 Å². The Morgan fingerprint density at radius 3 is 2.75 bits per heavy atom. The maximum atomic E-state index is 12.1. The van der Waals surface area contributed by atoms with Crippen LogP contribution in [0.15, 0.2) is 17.2 Å². The molecule has 1 unspecified atom stereocenters. The number of carbonyl (C=O) groups is 1. The Kier molecular flexibility index (Phi) is 5.19. The van der Waals surface area contributed by atoms with Gasteiger partial charge in [-0.15, -0.1) is 0 Å². The predicted octanol–water partition coefficient (Wildman–Crippen LogP) is 0.793. The first kappa shape index (κ1) is 16.1. The smallest absolute Gasteiger partial charge is 0.321 e. The highest BCUT2D eigenvalue weighted by molar-refractivity contribution is 7.89. The van der Waals surface area contributed by atoms with Gasteiger partial charge < -0.3 is 5.11 Å². The molecular formula is C12H15N3O4S. The van der Waals surface area contributed by atoms with Gasteiger partial charge in [0.05, 0.1) is 11.3 Å². The van der Waals surface area contributed by atoms with Crippen LogP contribution < -0.4 is 4.72 Å². The molecule has 0 spiro atoms. The number of nitriles is 1. The molecule has 1 rings (SSSR count). The van der Waals surface area contributed by atoms with Crippen LogP contribution in [-0.4, -0.2) is 30.5 Å². The minimum Gasteiger partial charge on any atom is -0.480 e. The van der Waals surface area contributed by atoms with Crippen molar-refractivity contribution in [2.45, 2.75) is 37.6 Å². The Balaban J connectivity index is 3.11. The lowest BCUT2D eigenvalue weighted by molar-refractivity contribution is -0.139. The standard InChI is InChI=1S/C12H15N3O4S/c1-3-4-11(12(16)17)15-20(18,19)10-5-9(6-13)8(2)14-7-10/h5,7,11,15H,3-4H2,1-2H3,(H,16,17). The second-order valence-electron chi connectivity index (χ2n) is 4.22. The van der Waals surface area contributed by atoms with E-state index in [1.807, 2.05) is 6.07 Å². The third kappa shape index (κ3) is 3.76. The van der Waals surface area contributed by atoms with Crippen molar-refractivity contribution in [3.05, 3.63) is 23.5 Å². The Bertz CT molecular complexity index is 649. The largest absolute Gasteiger partial charge is 0.480 e. The first-order valence-corrected chi connectivity index (χ1v) is 7.42. The molecule has 0 amide bonds. The number of carboxylic acid groups (broad SMARTS) is 1. The van der Waals surface area contributed by atoms with E-state index in [0.29, 0.717) is 12.1 Å². The van der Waals surface area contributed by atoms with Crippen LogP contribution in [0.2, 0.25) is 0 Å². The zero-order chi connectivity index (χ0) is 15.3. The number of aryl methyl sites for hydroxylation is 1. The molecule has 0 aliphatic rings. The van der Waals surface area contributed by atoms with Crippen LogP contribution >= 0.6 is 0 Å². The number of sulfonamides is 1. The zero-order valence-electron chi connectivity index (χ0n) is 11.1. The topological polar surface area (TPSA) is 120 Å². The molecule has 0 aliphatic heterocycles.